The van der Waals surface area contributed by atoms with E-state index in [9.17, 15) is 9.90 Å². The van der Waals surface area contributed by atoms with Gasteiger partial charge in [-0.3, -0.25) is 14.6 Å². The molecule has 2 aliphatic heterocycles. The molecule has 5 nitrogen and oxygen atoms in total. The van der Waals surface area contributed by atoms with Crippen molar-refractivity contribution >= 4 is 5.97 Å². The molecule has 5 heteroatoms. The number of hydrogen-bond donors (Lipinski definition) is 2. The van der Waals surface area contributed by atoms with Gasteiger partial charge in [-0.1, -0.05) is 0 Å². The molecule has 0 amide bonds. The van der Waals surface area contributed by atoms with Crippen molar-refractivity contribution in [1.82, 2.24) is 9.80 Å². The van der Waals surface area contributed by atoms with Crippen LogP contribution in [0.1, 0.15) is 25.7 Å². The topological polar surface area (TPSA) is 64.0 Å². The monoisotopic (exact) mass is 242 g/mol. The van der Waals surface area contributed by atoms with Crippen LogP contribution >= 0.6 is 0 Å². The van der Waals surface area contributed by atoms with Crippen LogP contribution in [-0.2, 0) is 4.79 Å². The number of carboxylic acid groups (broad SMARTS) is 1. The molecular weight excluding hydrogens is 220 g/mol. The molecule has 2 heterocycles. The molecule has 0 aromatic carbocycles. The Morgan fingerprint density at radius 2 is 2.06 bits per heavy atom. The summed E-state index contributed by atoms with van der Waals surface area (Å²) in [6, 6.07) is 0.620. The van der Waals surface area contributed by atoms with Crippen molar-refractivity contribution in [1.29, 1.82) is 0 Å². The van der Waals surface area contributed by atoms with Crippen molar-refractivity contribution in [3.05, 3.63) is 0 Å². The molecule has 0 aliphatic carbocycles. The van der Waals surface area contributed by atoms with Crippen LogP contribution in [0.3, 0.4) is 0 Å². The average molecular weight is 242 g/mol. The molecule has 2 atom stereocenters. The lowest BCUT2D eigenvalue weighted by molar-refractivity contribution is -0.139. The third kappa shape index (κ3) is 3.66. The Morgan fingerprint density at radius 1 is 1.29 bits per heavy atom. The fourth-order valence-corrected chi connectivity index (χ4v) is 3.01. The van der Waals surface area contributed by atoms with E-state index in [1.165, 1.54) is 19.4 Å². The second kappa shape index (κ2) is 5.80. The molecule has 2 aliphatic rings. The summed E-state index contributed by atoms with van der Waals surface area (Å²) in [7, 11) is 0. The first-order chi connectivity index (χ1) is 8.15. The fourth-order valence-electron chi connectivity index (χ4n) is 3.01. The molecule has 17 heavy (non-hydrogen) atoms. The Balaban J connectivity index is 1.82. The van der Waals surface area contributed by atoms with E-state index in [-0.39, 0.29) is 6.42 Å². The third-order valence-electron chi connectivity index (χ3n) is 3.77. The first-order valence-corrected chi connectivity index (χ1v) is 6.51. The number of carbonyl (C=O) groups is 1. The first-order valence-electron chi connectivity index (χ1n) is 6.51. The van der Waals surface area contributed by atoms with E-state index < -0.39 is 12.1 Å². The van der Waals surface area contributed by atoms with E-state index in [1.807, 2.05) is 0 Å². The van der Waals surface area contributed by atoms with Crippen LogP contribution in [0.2, 0.25) is 0 Å². The van der Waals surface area contributed by atoms with Crippen molar-refractivity contribution in [3.8, 4) is 0 Å². The van der Waals surface area contributed by atoms with Crippen LogP contribution in [0.15, 0.2) is 0 Å². The largest absolute Gasteiger partial charge is 0.481 e. The van der Waals surface area contributed by atoms with Gasteiger partial charge >= 0.3 is 5.97 Å². The summed E-state index contributed by atoms with van der Waals surface area (Å²) in [6.07, 6.45) is 2.75. The SMILES string of the molecule is O=C(O)CC(O)CN1CCCN2CCCC2C1. The normalized spacial score (nSPS) is 28.6. The van der Waals surface area contributed by atoms with E-state index in [4.69, 9.17) is 5.11 Å². The zero-order valence-electron chi connectivity index (χ0n) is 10.2. The zero-order valence-corrected chi connectivity index (χ0v) is 10.2. The van der Waals surface area contributed by atoms with Crippen LogP contribution < -0.4 is 0 Å². The quantitative estimate of drug-likeness (QED) is 0.726. The van der Waals surface area contributed by atoms with Crippen LogP contribution in [0.25, 0.3) is 0 Å². The molecule has 0 bridgehead atoms. The van der Waals surface area contributed by atoms with Crippen molar-refractivity contribution in [2.75, 3.05) is 32.7 Å². The molecule has 2 fully saturated rings. The van der Waals surface area contributed by atoms with Crippen LogP contribution in [0.5, 0.6) is 0 Å². The summed E-state index contributed by atoms with van der Waals surface area (Å²) in [5, 5.41) is 18.3. The third-order valence-corrected chi connectivity index (χ3v) is 3.77. The van der Waals surface area contributed by atoms with Crippen LogP contribution in [0.4, 0.5) is 0 Å². The molecule has 0 aromatic heterocycles. The van der Waals surface area contributed by atoms with E-state index in [0.717, 1.165) is 26.1 Å². The number of carboxylic acids is 1. The smallest absolute Gasteiger partial charge is 0.306 e. The van der Waals surface area contributed by atoms with Crippen LogP contribution in [-0.4, -0.2) is 70.9 Å². The minimum absolute atomic E-state index is 0.148. The van der Waals surface area contributed by atoms with Crippen molar-refractivity contribution in [3.63, 3.8) is 0 Å². The highest BCUT2D eigenvalue weighted by molar-refractivity contribution is 5.67. The molecule has 0 spiro atoms. The van der Waals surface area contributed by atoms with Crippen molar-refractivity contribution in [2.24, 2.45) is 0 Å². The lowest BCUT2D eigenvalue weighted by Gasteiger charge is -2.26. The van der Waals surface area contributed by atoms with Gasteiger partial charge in [-0.2, -0.15) is 0 Å². The van der Waals surface area contributed by atoms with E-state index >= 15 is 0 Å². The molecule has 0 aromatic rings. The molecule has 98 valence electrons. The number of rotatable bonds is 4. The van der Waals surface area contributed by atoms with E-state index in [2.05, 4.69) is 9.80 Å². The molecular formula is C12H22N2O3. The minimum atomic E-state index is -0.921. The van der Waals surface area contributed by atoms with Gasteiger partial charge in [0.05, 0.1) is 12.5 Å². The molecule has 2 saturated heterocycles. The lowest BCUT2D eigenvalue weighted by atomic mass is 10.2. The van der Waals surface area contributed by atoms with Crippen molar-refractivity contribution in [2.45, 2.75) is 37.8 Å². The van der Waals surface area contributed by atoms with Gasteiger partial charge in [0, 0.05) is 19.1 Å². The second-order valence-electron chi connectivity index (χ2n) is 5.20. The van der Waals surface area contributed by atoms with Gasteiger partial charge in [-0.25, -0.2) is 0 Å². The summed E-state index contributed by atoms with van der Waals surface area (Å²) in [5.41, 5.74) is 0. The van der Waals surface area contributed by atoms with Gasteiger partial charge in [0.2, 0.25) is 0 Å². The van der Waals surface area contributed by atoms with Gasteiger partial charge in [0.25, 0.3) is 0 Å². The molecule has 0 radical (unpaired) electrons. The molecule has 0 saturated carbocycles. The Morgan fingerprint density at radius 3 is 2.82 bits per heavy atom. The maximum absolute atomic E-state index is 10.5. The zero-order chi connectivity index (χ0) is 12.3. The number of fused-ring (bicyclic) bond motifs is 1. The maximum atomic E-state index is 10.5. The number of β-amino-alcohol motifs (C(OH)–C–C–N with tert-alkyl or cyclic N) is 1. The number of hydrogen-bond acceptors (Lipinski definition) is 4. The Hall–Kier alpha value is -0.650. The second-order valence-corrected chi connectivity index (χ2v) is 5.20. The first kappa shape index (κ1) is 12.8. The molecule has 2 rings (SSSR count). The summed E-state index contributed by atoms with van der Waals surface area (Å²) in [4.78, 5) is 15.3. The van der Waals surface area contributed by atoms with Gasteiger partial charge in [0.1, 0.15) is 0 Å². The average Bonchev–Trinajstić information content (AvgIpc) is 2.56. The number of aliphatic hydroxyl groups is 1. The summed E-state index contributed by atoms with van der Waals surface area (Å²) in [5.74, 6) is -0.921. The van der Waals surface area contributed by atoms with Gasteiger partial charge in [-0.05, 0) is 38.9 Å². The highest BCUT2D eigenvalue weighted by Gasteiger charge is 2.29. The summed E-state index contributed by atoms with van der Waals surface area (Å²) >= 11 is 0. The Labute approximate surface area is 102 Å². The van der Waals surface area contributed by atoms with E-state index in [0.29, 0.717) is 12.6 Å². The highest BCUT2D eigenvalue weighted by atomic mass is 16.4. The highest BCUT2D eigenvalue weighted by Crippen LogP contribution is 2.21. The van der Waals surface area contributed by atoms with Gasteiger partial charge in [0.15, 0.2) is 0 Å². The van der Waals surface area contributed by atoms with Crippen molar-refractivity contribution < 1.29 is 15.0 Å². The fraction of sp³-hybridized carbons (Fsp3) is 0.917. The Bertz CT molecular complexity index is 272. The van der Waals surface area contributed by atoms with Gasteiger partial charge in [-0.15, -0.1) is 0 Å². The summed E-state index contributed by atoms with van der Waals surface area (Å²) in [6.45, 7) is 4.81. The number of aliphatic carboxylic acids is 1. The summed E-state index contributed by atoms with van der Waals surface area (Å²) < 4.78 is 0. The standard InChI is InChI=1S/C12H22N2O3/c15-11(7-12(16)17)9-13-4-2-6-14-5-1-3-10(14)8-13/h10-11,15H,1-9H2,(H,16,17). The predicted octanol–water partition coefficient (Wildman–Crippen LogP) is -0.00790. The molecule has 2 N–H and O–H groups in total. The Kier molecular flexibility index (Phi) is 4.36. The number of nitrogens with zero attached hydrogens (tertiary/aromatic N) is 2. The molecule has 2 unspecified atom stereocenters. The van der Waals surface area contributed by atoms with Crippen LogP contribution in [0, 0.1) is 0 Å². The maximum Gasteiger partial charge on any atom is 0.306 e. The minimum Gasteiger partial charge on any atom is -0.481 e. The lowest BCUT2D eigenvalue weighted by Crippen LogP contribution is -2.40. The predicted molar refractivity (Wildman–Crippen MR) is 63.9 cm³/mol. The van der Waals surface area contributed by atoms with Gasteiger partial charge < -0.3 is 10.2 Å². The number of aliphatic hydroxyl groups excluding tert-OH is 1. The van der Waals surface area contributed by atoms with E-state index in [1.54, 1.807) is 0 Å².